The van der Waals surface area contributed by atoms with Gasteiger partial charge in [0.25, 0.3) is 0 Å². The largest absolute Gasteiger partial charge is 0.383 e. The first kappa shape index (κ1) is 16.9. The first-order chi connectivity index (χ1) is 12.1. The third-order valence-corrected chi connectivity index (χ3v) is 6.07. The van der Waals surface area contributed by atoms with Crippen LogP contribution in [-0.4, -0.2) is 55.4 Å². The average Bonchev–Trinajstić information content (AvgIpc) is 3.34. The number of ether oxygens (including phenoxy) is 1. The fourth-order valence-electron chi connectivity index (χ4n) is 4.55. The Labute approximate surface area is 150 Å². The van der Waals surface area contributed by atoms with Crippen LogP contribution in [0.2, 0.25) is 0 Å². The molecule has 1 aliphatic carbocycles. The van der Waals surface area contributed by atoms with Gasteiger partial charge >= 0.3 is 0 Å². The molecule has 2 unspecified atom stereocenters. The number of benzene rings is 1. The molecule has 2 aliphatic heterocycles. The van der Waals surface area contributed by atoms with E-state index in [0.717, 1.165) is 63.6 Å². The van der Waals surface area contributed by atoms with Crippen molar-refractivity contribution in [2.45, 2.75) is 38.2 Å². The Bertz CT molecular complexity index is 654. The molecule has 5 nitrogen and oxygen atoms in total. The zero-order valence-electron chi connectivity index (χ0n) is 15.1. The lowest BCUT2D eigenvalue weighted by molar-refractivity contribution is 0.0483. The summed E-state index contributed by atoms with van der Waals surface area (Å²) in [5.74, 6) is 0.934. The molecule has 0 saturated carbocycles. The van der Waals surface area contributed by atoms with E-state index in [2.05, 4.69) is 23.2 Å². The first-order valence-electron chi connectivity index (χ1n) is 9.56. The number of guanidine groups is 1. The van der Waals surface area contributed by atoms with Crippen LogP contribution in [0, 0.1) is 5.41 Å². The minimum Gasteiger partial charge on any atom is -0.383 e. The minimum absolute atomic E-state index is 0.313. The molecule has 1 aromatic carbocycles. The van der Waals surface area contributed by atoms with Gasteiger partial charge in [-0.15, -0.1) is 0 Å². The number of rotatable bonds is 3. The Morgan fingerprint density at radius 1 is 1.32 bits per heavy atom. The van der Waals surface area contributed by atoms with Crippen molar-refractivity contribution in [2.75, 3.05) is 39.4 Å². The zero-order valence-corrected chi connectivity index (χ0v) is 15.1. The highest BCUT2D eigenvalue weighted by atomic mass is 16.5. The standard InChI is InChI=1S/C20H29N3O2/c1-2-21-18(23-11-9-19(14-23)10-12-25-15-19)22-13-20(24)8-7-16-5-3-4-6-17(16)20/h3-6,24H,2,7-15H2,1H3,(H,21,22). The number of nitrogens with zero attached hydrogens (tertiary/aromatic N) is 2. The van der Waals surface area contributed by atoms with E-state index in [1.165, 1.54) is 12.0 Å². The van der Waals surface area contributed by atoms with Crippen LogP contribution in [0.1, 0.15) is 37.3 Å². The molecule has 3 aliphatic rings. The third kappa shape index (κ3) is 3.15. The molecular weight excluding hydrogens is 314 g/mol. The van der Waals surface area contributed by atoms with Crippen LogP contribution in [0.4, 0.5) is 0 Å². The van der Waals surface area contributed by atoms with E-state index < -0.39 is 5.60 Å². The van der Waals surface area contributed by atoms with E-state index in [9.17, 15) is 5.11 Å². The van der Waals surface area contributed by atoms with E-state index >= 15 is 0 Å². The molecule has 2 N–H and O–H groups in total. The lowest BCUT2D eigenvalue weighted by atomic mass is 9.87. The van der Waals surface area contributed by atoms with Crippen molar-refractivity contribution in [1.82, 2.24) is 10.2 Å². The van der Waals surface area contributed by atoms with E-state index in [4.69, 9.17) is 9.73 Å². The maximum Gasteiger partial charge on any atom is 0.194 e. The second-order valence-corrected chi connectivity index (χ2v) is 7.83. The summed E-state index contributed by atoms with van der Waals surface area (Å²) in [4.78, 5) is 7.19. The van der Waals surface area contributed by atoms with Crippen molar-refractivity contribution in [3.63, 3.8) is 0 Å². The maximum atomic E-state index is 11.1. The molecule has 0 amide bonds. The van der Waals surface area contributed by atoms with Crippen LogP contribution >= 0.6 is 0 Å². The molecule has 2 saturated heterocycles. The average molecular weight is 343 g/mol. The Hall–Kier alpha value is -1.59. The van der Waals surface area contributed by atoms with E-state index in [-0.39, 0.29) is 0 Å². The highest BCUT2D eigenvalue weighted by Crippen LogP contribution is 2.39. The van der Waals surface area contributed by atoms with E-state index in [1.807, 2.05) is 18.2 Å². The normalized spacial score (nSPS) is 31.8. The van der Waals surface area contributed by atoms with Gasteiger partial charge in [0, 0.05) is 31.7 Å². The molecule has 2 atom stereocenters. The summed E-state index contributed by atoms with van der Waals surface area (Å²) in [5, 5.41) is 14.6. The van der Waals surface area contributed by atoms with Crippen molar-refractivity contribution in [2.24, 2.45) is 10.4 Å². The number of hydrogen-bond donors (Lipinski definition) is 2. The van der Waals surface area contributed by atoms with Crippen molar-refractivity contribution in [3.05, 3.63) is 35.4 Å². The molecule has 2 fully saturated rings. The van der Waals surface area contributed by atoms with E-state index in [0.29, 0.717) is 12.0 Å². The van der Waals surface area contributed by atoms with Gasteiger partial charge < -0.3 is 20.1 Å². The Morgan fingerprint density at radius 3 is 3.00 bits per heavy atom. The van der Waals surface area contributed by atoms with Gasteiger partial charge in [0.2, 0.25) is 0 Å². The molecule has 1 aromatic rings. The quantitative estimate of drug-likeness (QED) is 0.650. The van der Waals surface area contributed by atoms with Crippen LogP contribution in [-0.2, 0) is 16.8 Å². The second kappa shape index (κ2) is 6.61. The highest BCUT2D eigenvalue weighted by molar-refractivity contribution is 5.80. The molecule has 5 heteroatoms. The summed E-state index contributed by atoms with van der Waals surface area (Å²) >= 11 is 0. The van der Waals surface area contributed by atoms with Gasteiger partial charge in [-0.25, -0.2) is 4.99 Å². The predicted octanol–water partition coefficient (Wildman–Crippen LogP) is 1.90. The number of aliphatic imine (C=N–C) groups is 1. The summed E-state index contributed by atoms with van der Waals surface area (Å²) in [5.41, 5.74) is 1.79. The number of aliphatic hydroxyl groups is 1. The predicted molar refractivity (Wildman–Crippen MR) is 98.7 cm³/mol. The molecule has 0 radical (unpaired) electrons. The van der Waals surface area contributed by atoms with Crippen molar-refractivity contribution >= 4 is 5.96 Å². The van der Waals surface area contributed by atoms with Crippen LogP contribution in [0.3, 0.4) is 0 Å². The molecule has 136 valence electrons. The summed E-state index contributed by atoms with van der Waals surface area (Å²) in [7, 11) is 0. The third-order valence-electron chi connectivity index (χ3n) is 6.07. The Kier molecular flexibility index (Phi) is 4.46. The summed E-state index contributed by atoms with van der Waals surface area (Å²) < 4.78 is 5.64. The maximum absolute atomic E-state index is 11.1. The van der Waals surface area contributed by atoms with E-state index in [1.54, 1.807) is 0 Å². The highest BCUT2D eigenvalue weighted by Gasteiger charge is 2.42. The molecule has 0 bridgehead atoms. The molecular formula is C20H29N3O2. The first-order valence-corrected chi connectivity index (χ1v) is 9.56. The number of likely N-dealkylation sites (tertiary alicyclic amines) is 1. The number of aryl methyl sites for hydroxylation is 1. The Balaban J connectivity index is 1.50. The molecule has 4 rings (SSSR count). The Morgan fingerprint density at radius 2 is 2.20 bits per heavy atom. The smallest absolute Gasteiger partial charge is 0.194 e. The summed E-state index contributed by atoms with van der Waals surface area (Å²) in [6.07, 6.45) is 4.01. The number of fused-ring (bicyclic) bond motifs is 1. The van der Waals surface area contributed by atoms with Gasteiger partial charge in [-0.05, 0) is 43.7 Å². The van der Waals surface area contributed by atoms with Crippen LogP contribution in [0.25, 0.3) is 0 Å². The molecule has 25 heavy (non-hydrogen) atoms. The SMILES string of the molecule is CCNC(=NCC1(O)CCc2ccccc21)N1CCC2(CCOC2)C1. The van der Waals surface area contributed by atoms with Gasteiger partial charge in [0.15, 0.2) is 5.96 Å². The van der Waals surface area contributed by atoms with Gasteiger partial charge in [-0.3, -0.25) is 0 Å². The zero-order chi connectivity index (χ0) is 17.3. The molecule has 1 spiro atoms. The van der Waals surface area contributed by atoms with Crippen molar-refractivity contribution < 1.29 is 9.84 Å². The fourth-order valence-corrected chi connectivity index (χ4v) is 4.55. The molecule has 0 aromatic heterocycles. The number of hydrogen-bond acceptors (Lipinski definition) is 3. The lowest BCUT2D eigenvalue weighted by Crippen LogP contribution is -2.42. The van der Waals surface area contributed by atoms with Gasteiger partial charge in [-0.1, -0.05) is 24.3 Å². The molecule has 2 heterocycles. The van der Waals surface area contributed by atoms with Crippen molar-refractivity contribution in [3.8, 4) is 0 Å². The van der Waals surface area contributed by atoms with Crippen LogP contribution in [0.15, 0.2) is 29.3 Å². The summed E-state index contributed by atoms with van der Waals surface area (Å²) in [6.45, 7) is 7.15. The summed E-state index contributed by atoms with van der Waals surface area (Å²) in [6, 6.07) is 8.22. The minimum atomic E-state index is -0.828. The van der Waals surface area contributed by atoms with Crippen LogP contribution < -0.4 is 5.32 Å². The van der Waals surface area contributed by atoms with Gasteiger partial charge in [0.05, 0.1) is 13.2 Å². The fraction of sp³-hybridized carbons (Fsp3) is 0.650. The van der Waals surface area contributed by atoms with Gasteiger partial charge in [-0.2, -0.15) is 0 Å². The monoisotopic (exact) mass is 343 g/mol. The lowest BCUT2D eigenvalue weighted by Gasteiger charge is -2.27. The topological polar surface area (TPSA) is 57.1 Å². The van der Waals surface area contributed by atoms with Crippen LogP contribution in [0.5, 0.6) is 0 Å². The number of nitrogens with one attached hydrogen (secondary N) is 1. The van der Waals surface area contributed by atoms with Crippen molar-refractivity contribution in [1.29, 1.82) is 0 Å². The second-order valence-electron chi connectivity index (χ2n) is 7.83. The van der Waals surface area contributed by atoms with Gasteiger partial charge in [0.1, 0.15) is 5.60 Å².